The van der Waals surface area contributed by atoms with Crippen LogP contribution in [0, 0.1) is 5.92 Å². The van der Waals surface area contributed by atoms with Crippen LogP contribution in [0.5, 0.6) is 0 Å². The minimum Gasteiger partial charge on any atom is -0.325 e. The third kappa shape index (κ3) is 4.45. The molecule has 1 saturated heterocycles. The molecule has 1 heterocycles. The Morgan fingerprint density at radius 3 is 2.70 bits per heavy atom. The molecule has 0 radical (unpaired) electrons. The van der Waals surface area contributed by atoms with E-state index in [4.69, 9.17) is 0 Å². The molecule has 0 saturated carbocycles. The van der Waals surface area contributed by atoms with Crippen molar-refractivity contribution in [1.82, 2.24) is 5.32 Å². The largest absolute Gasteiger partial charge is 0.325 e. The zero-order chi connectivity index (χ0) is 14.5. The Morgan fingerprint density at radius 1 is 1.40 bits per heavy atom. The predicted octanol–water partition coefficient (Wildman–Crippen LogP) is 3.33. The Hall–Kier alpha value is -1.14. The Labute approximate surface area is 121 Å². The third-order valence-corrected chi connectivity index (χ3v) is 4.05. The van der Waals surface area contributed by atoms with Gasteiger partial charge in [-0.25, -0.2) is 0 Å². The summed E-state index contributed by atoms with van der Waals surface area (Å²) in [7, 11) is 0. The van der Waals surface area contributed by atoms with Crippen molar-refractivity contribution in [3.05, 3.63) is 24.3 Å². The number of thioether (sulfide) groups is 1. The highest BCUT2D eigenvalue weighted by atomic mass is 32.2. The average Bonchev–Trinajstić information content (AvgIpc) is 2.40. The van der Waals surface area contributed by atoms with Crippen molar-refractivity contribution >= 4 is 23.4 Å². The first-order chi connectivity index (χ1) is 9.54. The summed E-state index contributed by atoms with van der Waals surface area (Å²) in [6.45, 7) is 2.99. The number of rotatable bonds is 4. The van der Waals surface area contributed by atoms with Crippen LogP contribution in [0.4, 0.5) is 14.5 Å². The highest BCUT2D eigenvalue weighted by Gasteiger charge is 2.24. The van der Waals surface area contributed by atoms with Crippen molar-refractivity contribution in [2.45, 2.75) is 36.5 Å². The lowest BCUT2D eigenvalue weighted by Crippen LogP contribution is -2.45. The van der Waals surface area contributed by atoms with Crippen molar-refractivity contribution in [2.24, 2.45) is 5.92 Å². The average molecular weight is 300 g/mol. The SMILES string of the molecule is CC1CCNC(C(=O)Nc2ccc(SC(F)F)cc2)C1. The van der Waals surface area contributed by atoms with Crippen LogP contribution in [0.3, 0.4) is 0 Å². The number of carbonyl (C=O) groups excluding carboxylic acids is 1. The van der Waals surface area contributed by atoms with Gasteiger partial charge in [0.05, 0.1) is 6.04 Å². The molecule has 1 aliphatic heterocycles. The minimum absolute atomic E-state index is 0.0641. The van der Waals surface area contributed by atoms with E-state index in [2.05, 4.69) is 17.6 Å². The summed E-state index contributed by atoms with van der Waals surface area (Å²) in [6, 6.07) is 6.30. The summed E-state index contributed by atoms with van der Waals surface area (Å²) in [5, 5.41) is 6.01. The molecule has 2 atom stereocenters. The fraction of sp³-hybridized carbons (Fsp3) is 0.500. The Bertz CT molecular complexity index is 453. The maximum atomic E-state index is 12.2. The van der Waals surface area contributed by atoms with Gasteiger partial charge in [-0.05, 0) is 49.6 Å². The standard InChI is InChI=1S/C14H18F2N2OS/c1-9-6-7-17-12(8-9)13(19)18-10-2-4-11(5-3-10)20-14(15)16/h2-5,9,12,14,17H,6-8H2,1H3,(H,18,19). The van der Waals surface area contributed by atoms with Crippen LogP contribution < -0.4 is 10.6 Å². The lowest BCUT2D eigenvalue weighted by atomic mass is 9.94. The van der Waals surface area contributed by atoms with Crippen LogP contribution in [0.1, 0.15) is 19.8 Å². The highest BCUT2D eigenvalue weighted by Crippen LogP contribution is 2.26. The quantitative estimate of drug-likeness (QED) is 0.838. The number of anilines is 1. The van der Waals surface area contributed by atoms with Gasteiger partial charge in [0.15, 0.2) is 0 Å². The molecule has 2 N–H and O–H groups in total. The summed E-state index contributed by atoms with van der Waals surface area (Å²) in [6.07, 6.45) is 1.91. The van der Waals surface area contributed by atoms with E-state index in [0.29, 0.717) is 28.3 Å². The van der Waals surface area contributed by atoms with Crippen LogP contribution >= 0.6 is 11.8 Å². The minimum atomic E-state index is -2.43. The fourth-order valence-electron chi connectivity index (χ4n) is 2.26. The molecule has 0 spiro atoms. The number of hydrogen-bond donors (Lipinski definition) is 2. The van der Waals surface area contributed by atoms with E-state index >= 15 is 0 Å². The zero-order valence-electron chi connectivity index (χ0n) is 11.2. The number of halogens is 2. The van der Waals surface area contributed by atoms with E-state index in [1.165, 1.54) is 0 Å². The zero-order valence-corrected chi connectivity index (χ0v) is 12.1. The van der Waals surface area contributed by atoms with E-state index in [-0.39, 0.29) is 11.9 Å². The first-order valence-electron chi connectivity index (χ1n) is 6.63. The predicted molar refractivity (Wildman–Crippen MR) is 77.1 cm³/mol. The molecule has 6 heteroatoms. The molecule has 2 unspecified atom stereocenters. The van der Waals surface area contributed by atoms with E-state index in [1.807, 2.05) is 0 Å². The number of piperidine rings is 1. The van der Waals surface area contributed by atoms with Gasteiger partial charge in [0.2, 0.25) is 5.91 Å². The molecular formula is C14H18F2N2OS. The summed E-state index contributed by atoms with van der Waals surface area (Å²) in [5.74, 6) is -1.95. The molecule has 20 heavy (non-hydrogen) atoms. The van der Waals surface area contributed by atoms with E-state index in [9.17, 15) is 13.6 Å². The topological polar surface area (TPSA) is 41.1 Å². The number of hydrogen-bond acceptors (Lipinski definition) is 3. The monoisotopic (exact) mass is 300 g/mol. The molecule has 0 bridgehead atoms. The van der Waals surface area contributed by atoms with Crippen LogP contribution in [0.2, 0.25) is 0 Å². The maximum Gasteiger partial charge on any atom is 0.288 e. The fourth-order valence-corrected chi connectivity index (χ4v) is 2.76. The molecular weight excluding hydrogens is 282 g/mol. The van der Waals surface area contributed by atoms with Crippen LogP contribution in [-0.4, -0.2) is 24.3 Å². The van der Waals surface area contributed by atoms with Gasteiger partial charge in [0.1, 0.15) is 0 Å². The number of benzene rings is 1. The number of alkyl halides is 2. The van der Waals surface area contributed by atoms with Gasteiger partial charge in [-0.2, -0.15) is 8.78 Å². The molecule has 2 rings (SSSR count). The first-order valence-corrected chi connectivity index (χ1v) is 7.51. The Morgan fingerprint density at radius 2 is 2.10 bits per heavy atom. The van der Waals surface area contributed by atoms with Gasteiger partial charge in [-0.15, -0.1) is 0 Å². The normalized spacial score (nSPS) is 22.8. The second-order valence-corrected chi connectivity index (χ2v) is 6.09. The van der Waals surface area contributed by atoms with Crippen molar-refractivity contribution in [1.29, 1.82) is 0 Å². The van der Waals surface area contributed by atoms with Gasteiger partial charge in [0.25, 0.3) is 5.76 Å². The van der Waals surface area contributed by atoms with Crippen molar-refractivity contribution in [3.8, 4) is 0 Å². The smallest absolute Gasteiger partial charge is 0.288 e. The first kappa shape index (κ1) is 15.3. The third-order valence-electron chi connectivity index (χ3n) is 3.33. The van der Waals surface area contributed by atoms with E-state index < -0.39 is 5.76 Å². The number of carbonyl (C=O) groups is 1. The van der Waals surface area contributed by atoms with Gasteiger partial charge in [0, 0.05) is 10.6 Å². The van der Waals surface area contributed by atoms with E-state index in [1.54, 1.807) is 24.3 Å². The summed E-state index contributed by atoms with van der Waals surface area (Å²) >= 11 is 0.496. The summed E-state index contributed by atoms with van der Waals surface area (Å²) in [4.78, 5) is 12.6. The van der Waals surface area contributed by atoms with Crippen LogP contribution in [0.25, 0.3) is 0 Å². The molecule has 110 valence electrons. The van der Waals surface area contributed by atoms with Gasteiger partial charge in [-0.1, -0.05) is 18.7 Å². The lowest BCUT2D eigenvalue weighted by Gasteiger charge is -2.27. The van der Waals surface area contributed by atoms with E-state index in [0.717, 1.165) is 19.4 Å². The molecule has 1 aromatic rings. The molecule has 1 fully saturated rings. The number of nitrogens with one attached hydrogen (secondary N) is 2. The van der Waals surface area contributed by atoms with Crippen LogP contribution in [-0.2, 0) is 4.79 Å². The molecule has 1 amide bonds. The van der Waals surface area contributed by atoms with Gasteiger partial charge < -0.3 is 10.6 Å². The summed E-state index contributed by atoms with van der Waals surface area (Å²) < 4.78 is 24.4. The molecule has 3 nitrogen and oxygen atoms in total. The second kappa shape index (κ2) is 7.04. The Kier molecular flexibility index (Phi) is 5.37. The second-order valence-electron chi connectivity index (χ2n) is 5.03. The Balaban J connectivity index is 1.90. The lowest BCUT2D eigenvalue weighted by molar-refractivity contribution is -0.119. The molecule has 1 aromatic carbocycles. The molecule has 1 aliphatic rings. The van der Waals surface area contributed by atoms with Gasteiger partial charge >= 0.3 is 0 Å². The molecule has 0 aromatic heterocycles. The van der Waals surface area contributed by atoms with Crippen molar-refractivity contribution in [2.75, 3.05) is 11.9 Å². The molecule has 0 aliphatic carbocycles. The highest BCUT2D eigenvalue weighted by molar-refractivity contribution is 7.99. The number of amides is 1. The summed E-state index contributed by atoms with van der Waals surface area (Å²) in [5.41, 5.74) is 0.633. The van der Waals surface area contributed by atoms with Crippen molar-refractivity contribution < 1.29 is 13.6 Å². The van der Waals surface area contributed by atoms with Crippen LogP contribution in [0.15, 0.2) is 29.2 Å². The van der Waals surface area contributed by atoms with Gasteiger partial charge in [-0.3, -0.25) is 4.79 Å². The van der Waals surface area contributed by atoms with Crippen molar-refractivity contribution in [3.63, 3.8) is 0 Å². The maximum absolute atomic E-state index is 12.2.